The normalized spacial score (nSPS) is 10.5. The summed E-state index contributed by atoms with van der Waals surface area (Å²) in [5, 5.41) is 0.746. The Morgan fingerprint density at radius 1 is 1.46 bits per heavy atom. The van der Waals surface area contributed by atoms with E-state index in [0.29, 0.717) is 16.6 Å². The molecule has 2 aromatic heterocycles. The number of halogens is 1. The maximum Gasteiger partial charge on any atom is 0.346 e. The topological polar surface area (TPSA) is 84.7 Å². The minimum atomic E-state index is -0.518. The summed E-state index contributed by atoms with van der Waals surface area (Å²) in [4.78, 5) is 20.8. The summed E-state index contributed by atoms with van der Waals surface area (Å²) in [5.41, 5.74) is 5.76. The standard InChI is InChI=1S/C7H5ClN4O/c8-6-3-1-10-2-4(9)5(3)11-7(13)12-6/h1-2H,9H2,(H,11,12,13). The molecule has 0 bridgehead atoms. The van der Waals surface area contributed by atoms with Crippen LogP contribution in [0.2, 0.25) is 5.15 Å². The first kappa shape index (κ1) is 8.00. The van der Waals surface area contributed by atoms with Gasteiger partial charge in [0.15, 0.2) is 0 Å². The van der Waals surface area contributed by atoms with E-state index in [2.05, 4.69) is 15.0 Å². The number of H-pyrrole nitrogens is 1. The fourth-order valence-electron chi connectivity index (χ4n) is 1.05. The highest BCUT2D eigenvalue weighted by Gasteiger charge is 2.04. The molecule has 2 aromatic rings. The van der Waals surface area contributed by atoms with Crippen molar-refractivity contribution in [2.75, 3.05) is 5.73 Å². The van der Waals surface area contributed by atoms with Gasteiger partial charge in [-0.05, 0) is 0 Å². The number of rotatable bonds is 0. The summed E-state index contributed by atoms with van der Waals surface area (Å²) >= 11 is 5.74. The van der Waals surface area contributed by atoms with Gasteiger partial charge in [0.1, 0.15) is 10.7 Å². The summed E-state index contributed by atoms with van der Waals surface area (Å²) in [6.45, 7) is 0. The molecule has 0 aliphatic rings. The molecule has 0 saturated heterocycles. The van der Waals surface area contributed by atoms with Crippen LogP contribution in [0.4, 0.5) is 5.69 Å². The van der Waals surface area contributed by atoms with Crippen LogP contribution < -0.4 is 11.4 Å². The Morgan fingerprint density at radius 3 is 3.00 bits per heavy atom. The van der Waals surface area contributed by atoms with E-state index in [1.807, 2.05) is 0 Å². The van der Waals surface area contributed by atoms with Gasteiger partial charge in [-0.25, -0.2) is 4.79 Å². The first-order valence-corrected chi connectivity index (χ1v) is 3.85. The van der Waals surface area contributed by atoms with Crippen LogP contribution in [0.15, 0.2) is 17.2 Å². The predicted octanol–water partition coefficient (Wildman–Crippen LogP) is 0.554. The maximum absolute atomic E-state index is 10.9. The Bertz CT molecular complexity index is 521. The van der Waals surface area contributed by atoms with Crippen molar-refractivity contribution in [3.05, 3.63) is 28.0 Å². The highest BCUT2D eigenvalue weighted by molar-refractivity contribution is 6.34. The average Bonchev–Trinajstić information content (AvgIpc) is 2.07. The van der Waals surface area contributed by atoms with Crippen molar-refractivity contribution in [2.24, 2.45) is 0 Å². The lowest BCUT2D eigenvalue weighted by molar-refractivity contribution is 1.11. The number of nitrogens with two attached hydrogens (primary N) is 1. The molecule has 0 spiro atoms. The van der Waals surface area contributed by atoms with E-state index in [9.17, 15) is 4.79 Å². The quantitative estimate of drug-likeness (QED) is 0.603. The second-order valence-electron chi connectivity index (χ2n) is 2.48. The number of nitrogens with one attached hydrogen (secondary N) is 1. The van der Waals surface area contributed by atoms with Gasteiger partial charge in [0, 0.05) is 6.20 Å². The van der Waals surface area contributed by atoms with Crippen molar-refractivity contribution in [1.29, 1.82) is 0 Å². The SMILES string of the molecule is Nc1cncc2c(Cl)[nH]c(=O)nc12. The Morgan fingerprint density at radius 2 is 2.23 bits per heavy atom. The minimum absolute atomic E-state index is 0.204. The van der Waals surface area contributed by atoms with Gasteiger partial charge in [-0.15, -0.1) is 0 Å². The lowest BCUT2D eigenvalue weighted by Gasteiger charge is -1.99. The first-order valence-electron chi connectivity index (χ1n) is 3.47. The van der Waals surface area contributed by atoms with E-state index in [-0.39, 0.29) is 5.15 Å². The molecule has 0 aliphatic carbocycles. The third kappa shape index (κ3) is 1.23. The summed E-state index contributed by atoms with van der Waals surface area (Å²) in [6, 6.07) is 0. The molecule has 13 heavy (non-hydrogen) atoms. The van der Waals surface area contributed by atoms with Crippen LogP contribution in [0, 0.1) is 0 Å². The number of nitrogen functional groups attached to an aromatic ring is 1. The van der Waals surface area contributed by atoms with Crippen LogP contribution in [0.25, 0.3) is 10.9 Å². The number of anilines is 1. The molecule has 0 radical (unpaired) electrons. The Balaban J connectivity index is 3.03. The lowest BCUT2D eigenvalue weighted by Crippen LogP contribution is -2.11. The number of hydrogen-bond donors (Lipinski definition) is 2. The first-order chi connectivity index (χ1) is 6.18. The number of nitrogens with zero attached hydrogens (tertiary/aromatic N) is 2. The Labute approximate surface area is 77.6 Å². The van der Waals surface area contributed by atoms with E-state index in [4.69, 9.17) is 17.3 Å². The summed E-state index contributed by atoms with van der Waals surface area (Å²) in [6.07, 6.45) is 2.92. The molecule has 0 aromatic carbocycles. The number of pyridine rings is 1. The van der Waals surface area contributed by atoms with Crippen molar-refractivity contribution in [3.8, 4) is 0 Å². The second-order valence-corrected chi connectivity index (χ2v) is 2.86. The molecule has 66 valence electrons. The van der Waals surface area contributed by atoms with Gasteiger partial charge in [0.2, 0.25) is 0 Å². The van der Waals surface area contributed by atoms with E-state index in [1.54, 1.807) is 0 Å². The number of aromatic nitrogens is 3. The highest BCUT2D eigenvalue weighted by Crippen LogP contribution is 2.20. The van der Waals surface area contributed by atoms with Crippen LogP contribution in [0.5, 0.6) is 0 Å². The zero-order valence-electron chi connectivity index (χ0n) is 6.41. The van der Waals surface area contributed by atoms with Gasteiger partial charge in [0.05, 0.1) is 17.3 Å². The van der Waals surface area contributed by atoms with Crippen molar-refractivity contribution in [2.45, 2.75) is 0 Å². The molecule has 0 aliphatic heterocycles. The van der Waals surface area contributed by atoms with E-state index >= 15 is 0 Å². The summed E-state index contributed by atoms with van der Waals surface area (Å²) in [5.74, 6) is 0. The van der Waals surface area contributed by atoms with Gasteiger partial charge in [0.25, 0.3) is 0 Å². The molecule has 5 nitrogen and oxygen atoms in total. The molecule has 6 heteroatoms. The average molecular weight is 197 g/mol. The number of aromatic amines is 1. The van der Waals surface area contributed by atoms with Gasteiger partial charge in [-0.2, -0.15) is 4.98 Å². The largest absolute Gasteiger partial charge is 0.396 e. The zero-order valence-corrected chi connectivity index (χ0v) is 7.17. The smallest absolute Gasteiger partial charge is 0.346 e. The minimum Gasteiger partial charge on any atom is -0.396 e. The summed E-state index contributed by atoms with van der Waals surface area (Å²) in [7, 11) is 0. The molecule has 2 heterocycles. The molecular weight excluding hydrogens is 192 g/mol. The van der Waals surface area contributed by atoms with Crippen LogP contribution in [-0.4, -0.2) is 15.0 Å². The maximum atomic E-state index is 10.9. The molecule has 3 N–H and O–H groups in total. The van der Waals surface area contributed by atoms with Gasteiger partial charge in [-0.3, -0.25) is 9.97 Å². The monoisotopic (exact) mass is 196 g/mol. The van der Waals surface area contributed by atoms with Crippen LogP contribution >= 0.6 is 11.6 Å². The summed E-state index contributed by atoms with van der Waals surface area (Å²) < 4.78 is 0. The molecular formula is C7H5ClN4O. The lowest BCUT2D eigenvalue weighted by atomic mass is 10.3. The molecule has 0 atom stereocenters. The van der Waals surface area contributed by atoms with E-state index in [1.165, 1.54) is 12.4 Å². The highest BCUT2D eigenvalue weighted by atomic mass is 35.5. The van der Waals surface area contributed by atoms with E-state index < -0.39 is 5.69 Å². The van der Waals surface area contributed by atoms with Crippen LogP contribution in [-0.2, 0) is 0 Å². The van der Waals surface area contributed by atoms with Crippen molar-refractivity contribution in [3.63, 3.8) is 0 Å². The third-order valence-electron chi connectivity index (χ3n) is 1.61. The second kappa shape index (κ2) is 2.70. The van der Waals surface area contributed by atoms with E-state index in [0.717, 1.165) is 0 Å². The number of hydrogen-bond acceptors (Lipinski definition) is 4. The van der Waals surface area contributed by atoms with Gasteiger partial charge >= 0.3 is 5.69 Å². The number of fused-ring (bicyclic) bond motifs is 1. The molecule has 2 rings (SSSR count). The molecule has 0 amide bonds. The van der Waals surface area contributed by atoms with Gasteiger partial charge in [-0.1, -0.05) is 11.6 Å². The van der Waals surface area contributed by atoms with Crippen molar-refractivity contribution < 1.29 is 0 Å². The van der Waals surface area contributed by atoms with Crippen molar-refractivity contribution >= 4 is 28.2 Å². The Kier molecular flexibility index (Phi) is 1.66. The molecule has 0 saturated carbocycles. The molecule has 0 unspecified atom stereocenters. The van der Waals surface area contributed by atoms with Crippen molar-refractivity contribution in [1.82, 2.24) is 15.0 Å². The third-order valence-corrected chi connectivity index (χ3v) is 1.91. The van der Waals surface area contributed by atoms with Crippen LogP contribution in [0.3, 0.4) is 0 Å². The van der Waals surface area contributed by atoms with Crippen LogP contribution in [0.1, 0.15) is 0 Å². The predicted molar refractivity (Wildman–Crippen MR) is 49.6 cm³/mol. The Hall–Kier alpha value is -1.62. The molecule has 0 fully saturated rings. The van der Waals surface area contributed by atoms with Gasteiger partial charge < -0.3 is 5.73 Å². The fourth-order valence-corrected chi connectivity index (χ4v) is 1.27. The zero-order chi connectivity index (χ0) is 9.42. The fraction of sp³-hybridized carbons (Fsp3) is 0.